The number of carbonyl (C=O) groups is 2. The van der Waals surface area contributed by atoms with E-state index in [0.29, 0.717) is 35.1 Å². The van der Waals surface area contributed by atoms with Gasteiger partial charge in [0.05, 0.1) is 0 Å². The standard InChI is InChI=1S/C20H23ClN2O3/c1-4-23(5-2)20(25)15-6-10-17(11-7-15)22-19(24)14(3)26-18-12-8-16(21)9-13-18/h6-14H,4-5H2,1-3H3,(H,22,24). The molecule has 1 N–H and O–H groups in total. The first-order valence-electron chi connectivity index (χ1n) is 8.57. The molecule has 0 saturated carbocycles. The van der Waals surface area contributed by atoms with Crippen LogP contribution in [0.4, 0.5) is 5.69 Å². The van der Waals surface area contributed by atoms with Crippen LogP contribution in [0.5, 0.6) is 5.75 Å². The number of benzene rings is 2. The van der Waals surface area contributed by atoms with Crippen LogP contribution < -0.4 is 10.1 Å². The maximum Gasteiger partial charge on any atom is 0.265 e. The Balaban J connectivity index is 1.96. The van der Waals surface area contributed by atoms with Crippen LogP contribution >= 0.6 is 11.6 Å². The van der Waals surface area contributed by atoms with Gasteiger partial charge in [-0.1, -0.05) is 11.6 Å². The van der Waals surface area contributed by atoms with E-state index in [4.69, 9.17) is 16.3 Å². The zero-order chi connectivity index (χ0) is 19.1. The van der Waals surface area contributed by atoms with Crippen molar-refractivity contribution in [2.75, 3.05) is 18.4 Å². The normalized spacial score (nSPS) is 11.5. The van der Waals surface area contributed by atoms with Crippen molar-refractivity contribution in [3.63, 3.8) is 0 Å². The molecule has 1 unspecified atom stereocenters. The predicted octanol–water partition coefficient (Wildman–Crippen LogP) is 4.23. The average molecular weight is 375 g/mol. The van der Waals surface area contributed by atoms with Crippen molar-refractivity contribution in [1.82, 2.24) is 4.90 Å². The van der Waals surface area contributed by atoms with Crippen LogP contribution in [0.1, 0.15) is 31.1 Å². The molecule has 2 aromatic carbocycles. The molecule has 0 spiro atoms. The number of halogens is 1. The zero-order valence-electron chi connectivity index (χ0n) is 15.2. The molecule has 0 aromatic heterocycles. The van der Waals surface area contributed by atoms with Crippen LogP contribution in [0.3, 0.4) is 0 Å². The Kier molecular flexibility index (Phi) is 7.04. The molecular weight excluding hydrogens is 352 g/mol. The fourth-order valence-electron chi connectivity index (χ4n) is 2.40. The van der Waals surface area contributed by atoms with Crippen LogP contribution in [-0.4, -0.2) is 35.9 Å². The van der Waals surface area contributed by atoms with Gasteiger partial charge in [-0.3, -0.25) is 9.59 Å². The summed E-state index contributed by atoms with van der Waals surface area (Å²) in [6.07, 6.45) is -0.673. The van der Waals surface area contributed by atoms with E-state index in [9.17, 15) is 9.59 Å². The van der Waals surface area contributed by atoms with Gasteiger partial charge in [-0.05, 0) is 69.3 Å². The molecule has 2 rings (SSSR count). The first kappa shape index (κ1) is 19.8. The molecule has 0 heterocycles. The molecule has 0 aliphatic carbocycles. The van der Waals surface area contributed by atoms with Crippen LogP contribution in [-0.2, 0) is 4.79 Å². The second-order valence-electron chi connectivity index (χ2n) is 5.76. The Bertz CT molecular complexity index is 741. The highest BCUT2D eigenvalue weighted by molar-refractivity contribution is 6.30. The quantitative estimate of drug-likeness (QED) is 0.789. The Morgan fingerprint density at radius 1 is 1.04 bits per heavy atom. The highest BCUT2D eigenvalue weighted by Gasteiger charge is 2.16. The van der Waals surface area contributed by atoms with E-state index >= 15 is 0 Å². The lowest BCUT2D eigenvalue weighted by molar-refractivity contribution is -0.122. The van der Waals surface area contributed by atoms with Gasteiger partial charge >= 0.3 is 0 Å². The maximum atomic E-state index is 12.3. The minimum Gasteiger partial charge on any atom is -0.481 e. The molecule has 1 atom stereocenters. The minimum atomic E-state index is -0.673. The van der Waals surface area contributed by atoms with Gasteiger partial charge in [-0.2, -0.15) is 0 Å². The number of rotatable bonds is 7. The number of ether oxygens (including phenoxy) is 1. The maximum absolute atomic E-state index is 12.3. The molecule has 5 nitrogen and oxygen atoms in total. The van der Waals surface area contributed by atoms with Gasteiger partial charge in [0.2, 0.25) is 0 Å². The van der Waals surface area contributed by atoms with Crippen molar-refractivity contribution < 1.29 is 14.3 Å². The number of nitrogens with zero attached hydrogens (tertiary/aromatic N) is 1. The van der Waals surface area contributed by atoms with Crippen molar-refractivity contribution in [2.24, 2.45) is 0 Å². The van der Waals surface area contributed by atoms with Crippen molar-refractivity contribution in [2.45, 2.75) is 26.9 Å². The van der Waals surface area contributed by atoms with E-state index in [0.717, 1.165) is 0 Å². The molecule has 0 bridgehead atoms. The SMILES string of the molecule is CCN(CC)C(=O)c1ccc(NC(=O)C(C)Oc2ccc(Cl)cc2)cc1. The summed E-state index contributed by atoms with van der Waals surface area (Å²) < 4.78 is 5.59. The van der Waals surface area contributed by atoms with Crippen molar-refractivity contribution >= 4 is 29.1 Å². The van der Waals surface area contributed by atoms with Gasteiger partial charge in [-0.15, -0.1) is 0 Å². The minimum absolute atomic E-state index is 0.0210. The van der Waals surface area contributed by atoms with Crippen LogP contribution in [0.15, 0.2) is 48.5 Å². The summed E-state index contributed by atoms with van der Waals surface area (Å²) in [6, 6.07) is 13.7. The van der Waals surface area contributed by atoms with Gasteiger partial charge in [0.1, 0.15) is 5.75 Å². The molecule has 0 fully saturated rings. The Labute approximate surface area is 158 Å². The Morgan fingerprint density at radius 3 is 2.15 bits per heavy atom. The summed E-state index contributed by atoms with van der Waals surface area (Å²) in [5.41, 5.74) is 1.20. The third-order valence-corrected chi connectivity index (χ3v) is 4.20. The lowest BCUT2D eigenvalue weighted by atomic mass is 10.1. The molecule has 0 aliphatic rings. The fourth-order valence-corrected chi connectivity index (χ4v) is 2.53. The summed E-state index contributed by atoms with van der Waals surface area (Å²) in [6.45, 7) is 6.87. The van der Waals surface area contributed by atoms with Gasteiger partial charge < -0.3 is 15.0 Å². The second kappa shape index (κ2) is 9.25. The zero-order valence-corrected chi connectivity index (χ0v) is 15.9. The average Bonchev–Trinajstić information content (AvgIpc) is 2.65. The van der Waals surface area contributed by atoms with E-state index < -0.39 is 6.10 Å². The Hall–Kier alpha value is -2.53. The molecule has 0 radical (unpaired) electrons. The van der Waals surface area contributed by atoms with E-state index in [1.54, 1.807) is 60.4 Å². The largest absolute Gasteiger partial charge is 0.481 e. The van der Waals surface area contributed by atoms with Crippen LogP contribution in [0, 0.1) is 0 Å². The number of nitrogens with one attached hydrogen (secondary N) is 1. The fraction of sp³-hybridized carbons (Fsp3) is 0.300. The molecule has 26 heavy (non-hydrogen) atoms. The summed E-state index contributed by atoms with van der Waals surface area (Å²) >= 11 is 5.83. The van der Waals surface area contributed by atoms with Gasteiger partial charge in [-0.25, -0.2) is 0 Å². The first-order valence-corrected chi connectivity index (χ1v) is 8.94. The summed E-state index contributed by atoms with van der Waals surface area (Å²) in [5.74, 6) is 0.271. The van der Waals surface area contributed by atoms with E-state index in [2.05, 4.69) is 5.32 Å². The van der Waals surface area contributed by atoms with E-state index in [1.807, 2.05) is 13.8 Å². The number of anilines is 1. The smallest absolute Gasteiger partial charge is 0.265 e. The molecular formula is C20H23ClN2O3. The van der Waals surface area contributed by atoms with Crippen LogP contribution in [0.2, 0.25) is 5.02 Å². The monoisotopic (exact) mass is 374 g/mol. The van der Waals surface area contributed by atoms with Crippen molar-refractivity contribution in [1.29, 1.82) is 0 Å². The number of amides is 2. The van der Waals surface area contributed by atoms with Crippen LogP contribution in [0.25, 0.3) is 0 Å². The highest BCUT2D eigenvalue weighted by atomic mass is 35.5. The third-order valence-electron chi connectivity index (χ3n) is 3.95. The summed E-state index contributed by atoms with van der Waals surface area (Å²) in [7, 11) is 0. The number of carbonyl (C=O) groups excluding carboxylic acids is 2. The van der Waals surface area contributed by atoms with Crippen molar-refractivity contribution in [3.05, 3.63) is 59.1 Å². The third kappa shape index (κ3) is 5.23. The summed E-state index contributed by atoms with van der Waals surface area (Å²) in [4.78, 5) is 26.3. The van der Waals surface area contributed by atoms with Gasteiger partial charge in [0.25, 0.3) is 11.8 Å². The lowest BCUT2D eigenvalue weighted by Crippen LogP contribution is -2.31. The topological polar surface area (TPSA) is 58.6 Å². The van der Waals surface area contributed by atoms with Crippen molar-refractivity contribution in [3.8, 4) is 5.75 Å². The second-order valence-corrected chi connectivity index (χ2v) is 6.19. The molecule has 138 valence electrons. The molecule has 2 amide bonds. The molecule has 6 heteroatoms. The lowest BCUT2D eigenvalue weighted by Gasteiger charge is -2.19. The van der Waals surface area contributed by atoms with E-state index in [1.165, 1.54) is 0 Å². The summed E-state index contributed by atoms with van der Waals surface area (Å²) in [5, 5.41) is 3.39. The van der Waals surface area contributed by atoms with Gasteiger partial charge in [0.15, 0.2) is 6.10 Å². The van der Waals surface area contributed by atoms with Gasteiger partial charge in [0, 0.05) is 29.4 Å². The number of hydrogen-bond donors (Lipinski definition) is 1. The molecule has 0 aliphatic heterocycles. The highest BCUT2D eigenvalue weighted by Crippen LogP contribution is 2.18. The first-order chi connectivity index (χ1) is 12.4. The predicted molar refractivity (Wildman–Crippen MR) is 104 cm³/mol. The molecule has 2 aromatic rings. The molecule has 0 saturated heterocycles. The van der Waals surface area contributed by atoms with E-state index in [-0.39, 0.29) is 11.8 Å². The number of hydrogen-bond acceptors (Lipinski definition) is 3. The Morgan fingerprint density at radius 2 is 1.62 bits per heavy atom.